The average Bonchev–Trinajstić information content (AvgIpc) is 2.45. The van der Waals surface area contributed by atoms with E-state index in [1.807, 2.05) is 0 Å². The Bertz CT molecular complexity index is 497. The third-order valence-corrected chi connectivity index (χ3v) is 3.49. The van der Waals surface area contributed by atoms with Crippen LogP contribution in [0.25, 0.3) is 0 Å². The molecular formula is C8H18O14P2. The van der Waals surface area contributed by atoms with E-state index in [4.69, 9.17) is 19.6 Å². The van der Waals surface area contributed by atoms with Gasteiger partial charge < -0.3 is 45.1 Å². The van der Waals surface area contributed by atoms with Gasteiger partial charge >= 0.3 is 15.6 Å². The molecule has 0 radical (unpaired) electrons. The predicted molar refractivity (Wildman–Crippen MR) is 71.0 cm³/mol. The van der Waals surface area contributed by atoms with Crippen LogP contribution in [0, 0.1) is 0 Å². The first-order valence-corrected chi connectivity index (χ1v) is 9.05. The maximum absolute atomic E-state index is 11.3. The van der Waals surface area contributed by atoms with Gasteiger partial charge in [0.05, 0.1) is 6.61 Å². The minimum Gasteiger partial charge on any atom is -0.388 e. The van der Waals surface area contributed by atoms with E-state index in [-0.39, 0.29) is 0 Å². The molecule has 0 amide bonds. The van der Waals surface area contributed by atoms with E-state index in [0.29, 0.717) is 0 Å². The number of carbonyl (C=O) groups is 1. The largest absolute Gasteiger partial charge is 0.470 e. The zero-order chi connectivity index (χ0) is 19.3. The second-order valence-corrected chi connectivity index (χ2v) is 6.98. The lowest BCUT2D eigenvalue weighted by Crippen LogP contribution is -2.52. The summed E-state index contributed by atoms with van der Waals surface area (Å²) in [6.45, 7) is -2.48. The van der Waals surface area contributed by atoms with E-state index in [1.165, 1.54) is 0 Å². The van der Waals surface area contributed by atoms with Crippen LogP contribution >= 0.6 is 15.6 Å². The van der Waals surface area contributed by atoms with Crippen molar-refractivity contribution in [1.29, 1.82) is 0 Å². The minimum atomic E-state index is -5.03. The number of ketones is 1. The van der Waals surface area contributed by atoms with Crippen LogP contribution in [0.2, 0.25) is 0 Å². The molecule has 0 aromatic carbocycles. The molecule has 144 valence electrons. The van der Waals surface area contributed by atoms with Gasteiger partial charge in [0.1, 0.15) is 37.1 Å². The standard InChI is InChI=1S/C8H18O14P2/c9-3(1-21-23(15,16)17)5(11)7(13)8(14)6(12)4(10)2-22-24(18,19)20/h3,5-9,11-14H,1-2H2,(H2,15,16,17)(H2,18,19,20)/t3-,5+,6+,7-,8-/m0/s1. The Balaban J connectivity index is 4.65. The lowest BCUT2D eigenvalue weighted by molar-refractivity contribution is -0.156. The Morgan fingerprint density at radius 3 is 1.67 bits per heavy atom. The lowest BCUT2D eigenvalue weighted by atomic mass is 9.97. The van der Waals surface area contributed by atoms with E-state index in [1.54, 1.807) is 0 Å². The smallest absolute Gasteiger partial charge is 0.388 e. The Morgan fingerprint density at radius 1 is 0.792 bits per heavy atom. The maximum Gasteiger partial charge on any atom is 0.470 e. The van der Waals surface area contributed by atoms with Crippen LogP contribution in [0.1, 0.15) is 0 Å². The summed E-state index contributed by atoms with van der Waals surface area (Å²) in [7, 11) is -10.0. The quantitative estimate of drug-likeness (QED) is 0.148. The van der Waals surface area contributed by atoms with Crippen molar-refractivity contribution in [3.63, 3.8) is 0 Å². The number of phosphoric ester groups is 2. The fourth-order valence-corrected chi connectivity index (χ4v) is 1.95. The van der Waals surface area contributed by atoms with Gasteiger partial charge in [-0.15, -0.1) is 0 Å². The number of Topliss-reactive ketones (excluding diaryl/α,β-unsaturated/α-hetero) is 1. The summed E-state index contributed by atoms with van der Waals surface area (Å²) in [6.07, 6.45) is -11.7. The van der Waals surface area contributed by atoms with Crippen molar-refractivity contribution < 1.29 is 68.1 Å². The highest BCUT2D eigenvalue weighted by atomic mass is 31.2. The summed E-state index contributed by atoms with van der Waals surface area (Å²) < 4.78 is 28.4. The molecule has 0 aliphatic heterocycles. The average molecular weight is 400 g/mol. The Kier molecular flexibility index (Phi) is 9.28. The van der Waals surface area contributed by atoms with Gasteiger partial charge in [0.2, 0.25) is 0 Å². The molecule has 5 atom stereocenters. The Labute approximate surface area is 134 Å². The number of aliphatic hydroxyl groups is 5. The van der Waals surface area contributed by atoms with Crippen LogP contribution in [0.15, 0.2) is 0 Å². The molecule has 0 saturated heterocycles. The summed E-state index contributed by atoms with van der Waals surface area (Å²) in [5.74, 6) is -1.46. The first-order chi connectivity index (χ1) is 10.7. The van der Waals surface area contributed by atoms with E-state index < -0.39 is 65.2 Å². The van der Waals surface area contributed by atoms with Crippen LogP contribution < -0.4 is 0 Å². The monoisotopic (exact) mass is 400 g/mol. The van der Waals surface area contributed by atoms with E-state index in [9.17, 15) is 39.5 Å². The highest BCUT2D eigenvalue weighted by molar-refractivity contribution is 7.46. The van der Waals surface area contributed by atoms with Crippen molar-refractivity contribution in [2.24, 2.45) is 0 Å². The van der Waals surface area contributed by atoms with Crippen LogP contribution in [-0.4, -0.2) is 94.6 Å². The van der Waals surface area contributed by atoms with Crippen molar-refractivity contribution in [2.45, 2.75) is 30.5 Å². The van der Waals surface area contributed by atoms with Gasteiger partial charge in [0, 0.05) is 0 Å². The summed E-state index contributed by atoms with van der Waals surface area (Å²) in [5, 5.41) is 47.2. The lowest BCUT2D eigenvalue weighted by Gasteiger charge is -2.28. The van der Waals surface area contributed by atoms with E-state index in [0.717, 1.165) is 0 Å². The minimum absolute atomic E-state index is 1.15. The van der Waals surface area contributed by atoms with Gasteiger partial charge in [-0.25, -0.2) is 9.13 Å². The molecule has 0 unspecified atom stereocenters. The zero-order valence-corrected chi connectivity index (χ0v) is 13.6. The summed E-state index contributed by atoms with van der Waals surface area (Å²) in [6, 6.07) is 0. The number of carbonyl (C=O) groups excluding carboxylic acids is 1. The molecule has 9 N–H and O–H groups in total. The highest BCUT2D eigenvalue weighted by Crippen LogP contribution is 2.36. The maximum atomic E-state index is 11.3. The molecule has 24 heavy (non-hydrogen) atoms. The van der Waals surface area contributed by atoms with Crippen molar-refractivity contribution in [3.05, 3.63) is 0 Å². The van der Waals surface area contributed by atoms with Crippen molar-refractivity contribution in [1.82, 2.24) is 0 Å². The van der Waals surface area contributed by atoms with Crippen LogP contribution in [0.4, 0.5) is 0 Å². The van der Waals surface area contributed by atoms with Gasteiger partial charge in [-0.1, -0.05) is 0 Å². The molecule has 0 saturated carbocycles. The zero-order valence-electron chi connectivity index (χ0n) is 11.8. The van der Waals surface area contributed by atoms with Crippen molar-refractivity contribution >= 4 is 21.4 Å². The number of hydrogen-bond donors (Lipinski definition) is 9. The molecule has 0 heterocycles. The van der Waals surface area contributed by atoms with E-state index in [2.05, 4.69) is 9.05 Å². The molecular weight excluding hydrogens is 382 g/mol. The van der Waals surface area contributed by atoms with Gasteiger partial charge in [-0.2, -0.15) is 0 Å². The van der Waals surface area contributed by atoms with Crippen LogP contribution in [-0.2, 0) is 23.0 Å². The van der Waals surface area contributed by atoms with Crippen LogP contribution in [0.3, 0.4) is 0 Å². The molecule has 16 heteroatoms. The van der Waals surface area contributed by atoms with Crippen LogP contribution in [0.5, 0.6) is 0 Å². The summed E-state index contributed by atoms with van der Waals surface area (Å²) >= 11 is 0. The number of hydrogen-bond acceptors (Lipinski definition) is 10. The molecule has 0 bridgehead atoms. The van der Waals surface area contributed by atoms with Crippen molar-refractivity contribution in [2.75, 3.05) is 13.2 Å². The molecule has 0 rings (SSSR count). The SMILES string of the molecule is O=C(COP(=O)(O)O)[C@@H](O)[C@H](O)[C@@H](O)[C@H](O)[C@@H](O)COP(=O)(O)O. The molecule has 0 aromatic heterocycles. The van der Waals surface area contributed by atoms with Gasteiger partial charge in [0.25, 0.3) is 0 Å². The topological polar surface area (TPSA) is 252 Å². The molecule has 0 aliphatic carbocycles. The fourth-order valence-electron chi connectivity index (χ4n) is 1.31. The third kappa shape index (κ3) is 9.25. The van der Waals surface area contributed by atoms with Gasteiger partial charge in [0.15, 0.2) is 5.78 Å². The normalized spacial score (nSPS) is 19.4. The van der Waals surface area contributed by atoms with Crippen molar-refractivity contribution in [3.8, 4) is 0 Å². The molecule has 14 nitrogen and oxygen atoms in total. The molecule has 0 spiro atoms. The molecule has 0 aliphatic rings. The highest BCUT2D eigenvalue weighted by Gasteiger charge is 2.38. The molecule has 0 fully saturated rings. The van der Waals surface area contributed by atoms with Gasteiger partial charge in [-0.3, -0.25) is 13.8 Å². The predicted octanol–water partition coefficient (Wildman–Crippen LogP) is -4.42. The second kappa shape index (κ2) is 9.40. The number of phosphoric acid groups is 2. The van der Waals surface area contributed by atoms with Gasteiger partial charge in [-0.05, 0) is 0 Å². The first-order valence-electron chi connectivity index (χ1n) is 5.99. The second-order valence-electron chi connectivity index (χ2n) is 4.50. The number of rotatable bonds is 11. The summed E-state index contributed by atoms with van der Waals surface area (Å²) in [4.78, 5) is 44.9. The van der Waals surface area contributed by atoms with E-state index >= 15 is 0 Å². The summed E-state index contributed by atoms with van der Waals surface area (Å²) in [5.41, 5.74) is 0. The Hall–Kier alpha value is -0.310. The number of aliphatic hydroxyl groups excluding tert-OH is 5. The fraction of sp³-hybridized carbons (Fsp3) is 0.875. The first kappa shape index (κ1) is 23.7. The molecule has 0 aromatic rings. The Morgan fingerprint density at radius 2 is 1.25 bits per heavy atom. The third-order valence-electron chi connectivity index (χ3n) is 2.54.